The monoisotopic (exact) mass is 267 g/mol. The van der Waals surface area contributed by atoms with Crippen LogP contribution in [0, 0.1) is 0 Å². The molecule has 0 saturated heterocycles. The average Bonchev–Trinajstić information content (AvgIpc) is 2.78. The summed E-state index contributed by atoms with van der Waals surface area (Å²) in [6.07, 6.45) is 2.27. The molecule has 104 valence electrons. The van der Waals surface area contributed by atoms with Crippen molar-refractivity contribution in [1.29, 1.82) is 0 Å². The lowest BCUT2D eigenvalue weighted by Gasteiger charge is -2.15. The Bertz CT molecular complexity index is 773. The lowest BCUT2D eigenvalue weighted by molar-refractivity contribution is -0.731. The third kappa shape index (κ3) is 1.91. The third-order valence-corrected chi connectivity index (χ3v) is 3.92. The van der Waals surface area contributed by atoms with Crippen molar-refractivity contribution in [2.75, 3.05) is 0 Å². The molecule has 0 fully saturated rings. The van der Waals surface area contributed by atoms with E-state index in [9.17, 15) is 0 Å². The summed E-state index contributed by atoms with van der Waals surface area (Å²) in [6.45, 7) is 11.3. The van der Waals surface area contributed by atoms with E-state index < -0.39 is 0 Å². The largest absolute Gasteiger partial charge is 0.245 e. The molecule has 0 aliphatic rings. The van der Waals surface area contributed by atoms with Gasteiger partial charge < -0.3 is 0 Å². The molecule has 3 rings (SSSR count). The fraction of sp³-hybridized carbons (Fsp3) is 0.389. The SMILES string of the molecule is CC(C)n1c[n+](C(C)(C)C)c2ccc3ccccc3c21. The predicted octanol–water partition coefficient (Wildman–Crippen LogP) is 4.42. The number of aromatic nitrogens is 2. The molecular formula is C18H23N2+. The van der Waals surface area contributed by atoms with Crippen LogP contribution in [0.4, 0.5) is 0 Å². The molecule has 0 saturated carbocycles. The van der Waals surface area contributed by atoms with Gasteiger partial charge in [0.05, 0.1) is 6.04 Å². The minimum Gasteiger partial charge on any atom is -0.227 e. The van der Waals surface area contributed by atoms with Crippen molar-refractivity contribution in [2.45, 2.75) is 46.2 Å². The van der Waals surface area contributed by atoms with Crippen molar-refractivity contribution in [3.05, 3.63) is 42.7 Å². The first kappa shape index (κ1) is 13.2. The standard InChI is InChI=1S/C18H23N2/c1-13(2)19-12-20(18(3,4)5)16-11-10-14-8-6-7-9-15(14)17(16)19/h6-13H,1-5H3/q+1. The van der Waals surface area contributed by atoms with Crippen LogP contribution in [0.3, 0.4) is 0 Å². The summed E-state index contributed by atoms with van der Waals surface area (Å²) >= 11 is 0. The second-order valence-corrected chi connectivity index (χ2v) is 6.81. The van der Waals surface area contributed by atoms with E-state index in [1.54, 1.807) is 0 Å². The Labute approximate surface area is 120 Å². The van der Waals surface area contributed by atoms with Crippen LogP contribution in [0.15, 0.2) is 42.7 Å². The van der Waals surface area contributed by atoms with Crippen LogP contribution in [0.1, 0.15) is 40.7 Å². The van der Waals surface area contributed by atoms with Crippen molar-refractivity contribution >= 4 is 21.8 Å². The molecule has 0 aliphatic carbocycles. The summed E-state index contributed by atoms with van der Waals surface area (Å²) in [5.74, 6) is 0. The maximum absolute atomic E-state index is 2.39. The smallest absolute Gasteiger partial charge is 0.227 e. The van der Waals surface area contributed by atoms with E-state index >= 15 is 0 Å². The number of hydrogen-bond donors (Lipinski definition) is 0. The third-order valence-electron chi connectivity index (χ3n) is 3.92. The van der Waals surface area contributed by atoms with Gasteiger partial charge in [-0.1, -0.05) is 18.2 Å². The number of fused-ring (bicyclic) bond motifs is 3. The number of nitrogens with zero attached hydrogens (tertiary/aromatic N) is 2. The topological polar surface area (TPSA) is 8.81 Å². The fourth-order valence-corrected chi connectivity index (χ4v) is 2.88. The quantitative estimate of drug-likeness (QED) is 0.577. The summed E-state index contributed by atoms with van der Waals surface area (Å²) in [5, 5.41) is 2.64. The molecule has 20 heavy (non-hydrogen) atoms. The van der Waals surface area contributed by atoms with Crippen LogP contribution in [-0.4, -0.2) is 4.57 Å². The van der Waals surface area contributed by atoms with Crippen LogP contribution in [-0.2, 0) is 5.54 Å². The molecular weight excluding hydrogens is 244 g/mol. The van der Waals surface area contributed by atoms with Crippen molar-refractivity contribution < 1.29 is 4.57 Å². The van der Waals surface area contributed by atoms with Gasteiger partial charge >= 0.3 is 0 Å². The summed E-state index contributed by atoms with van der Waals surface area (Å²) in [7, 11) is 0. The highest BCUT2D eigenvalue weighted by Gasteiger charge is 2.27. The van der Waals surface area contributed by atoms with E-state index in [-0.39, 0.29) is 5.54 Å². The predicted molar refractivity (Wildman–Crippen MR) is 85.0 cm³/mol. The van der Waals surface area contributed by atoms with Gasteiger partial charge in [0, 0.05) is 5.39 Å². The van der Waals surface area contributed by atoms with Gasteiger partial charge in [-0.15, -0.1) is 0 Å². The van der Waals surface area contributed by atoms with E-state index in [0.29, 0.717) is 6.04 Å². The molecule has 2 aromatic carbocycles. The van der Waals surface area contributed by atoms with Gasteiger partial charge in [-0.3, -0.25) is 0 Å². The van der Waals surface area contributed by atoms with Gasteiger partial charge in [-0.05, 0) is 58.2 Å². The molecule has 0 atom stereocenters. The minimum atomic E-state index is 0.0842. The maximum Gasteiger partial charge on any atom is 0.245 e. The van der Waals surface area contributed by atoms with E-state index in [4.69, 9.17) is 0 Å². The molecule has 0 aliphatic heterocycles. The van der Waals surface area contributed by atoms with Gasteiger partial charge in [0.25, 0.3) is 0 Å². The van der Waals surface area contributed by atoms with Crippen molar-refractivity contribution in [1.82, 2.24) is 4.57 Å². The lowest BCUT2D eigenvalue weighted by atomic mass is 10.1. The molecule has 0 radical (unpaired) electrons. The zero-order valence-corrected chi connectivity index (χ0v) is 13.0. The summed E-state index contributed by atoms with van der Waals surface area (Å²) in [6, 6.07) is 13.6. The van der Waals surface area contributed by atoms with Crippen molar-refractivity contribution in [3.8, 4) is 0 Å². The summed E-state index contributed by atoms with van der Waals surface area (Å²) < 4.78 is 4.78. The Morgan fingerprint density at radius 3 is 2.35 bits per heavy atom. The Kier molecular flexibility index (Phi) is 2.86. The van der Waals surface area contributed by atoms with Crippen LogP contribution in [0.5, 0.6) is 0 Å². The number of hydrogen-bond acceptors (Lipinski definition) is 0. The number of rotatable bonds is 1. The van der Waals surface area contributed by atoms with Gasteiger partial charge in [0.15, 0.2) is 11.0 Å². The van der Waals surface area contributed by atoms with E-state index in [1.807, 2.05) is 0 Å². The van der Waals surface area contributed by atoms with Gasteiger partial charge in [-0.2, -0.15) is 0 Å². The zero-order chi connectivity index (χ0) is 14.5. The molecule has 0 spiro atoms. The maximum atomic E-state index is 2.39. The first-order chi connectivity index (χ1) is 9.39. The molecule has 0 bridgehead atoms. The molecule has 1 aromatic heterocycles. The van der Waals surface area contributed by atoms with Crippen molar-refractivity contribution in [2.24, 2.45) is 0 Å². The molecule has 1 heterocycles. The van der Waals surface area contributed by atoms with E-state index in [1.165, 1.54) is 21.8 Å². The Balaban J connectivity index is 2.50. The highest BCUT2D eigenvalue weighted by atomic mass is 15.2. The second-order valence-electron chi connectivity index (χ2n) is 6.81. The molecule has 0 N–H and O–H groups in total. The molecule has 2 nitrogen and oxygen atoms in total. The first-order valence-electron chi connectivity index (χ1n) is 7.34. The average molecular weight is 267 g/mol. The Hall–Kier alpha value is -1.83. The van der Waals surface area contributed by atoms with Crippen LogP contribution in [0.2, 0.25) is 0 Å². The van der Waals surface area contributed by atoms with Gasteiger partial charge in [0.1, 0.15) is 5.54 Å². The number of benzene rings is 2. The van der Waals surface area contributed by atoms with E-state index in [2.05, 4.69) is 86.5 Å². The molecule has 0 amide bonds. The van der Waals surface area contributed by atoms with Crippen molar-refractivity contribution in [3.63, 3.8) is 0 Å². The molecule has 2 heteroatoms. The highest BCUT2D eigenvalue weighted by Crippen LogP contribution is 2.27. The molecule has 3 aromatic rings. The van der Waals surface area contributed by atoms with Gasteiger partial charge in [-0.25, -0.2) is 9.13 Å². The molecule has 0 unspecified atom stereocenters. The summed E-state index contributed by atoms with van der Waals surface area (Å²) in [5.41, 5.74) is 2.74. The first-order valence-corrected chi connectivity index (χ1v) is 7.34. The fourth-order valence-electron chi connectivity index (χ4n) is 2.88. The lowest BCUT2D eigenvalue weighted by Crippen LogP contribution is -2.49. The second kappa shape index (κ2) is 4.34. The Morgan fingerprint density at radius 1 is 1.00 bits per heavy atom. The van der Waals surface area contributed by atoms with Gasteiger partial charge in [0.2, 0.25) is 6.33 Å². The summed E-state index contributed by atoms with van der Waals surface area (Å²) in [4.78, 5) is 0. The zero-order valence-electron chi connectivity index (χ0n) is 13.0. The minimum absolute atomic E-state index is 0.0842. The van der Waals surface area contributed by atoms with Crippen LogP contribution >= 0.6 is 0 Å². The normalized spacial score (nSPS) is 12.7. The number of imidazole rings is 1. The van der Waals surface area contributed by atoms with Crippen LogP contribution in [0.25, 0.3) is 21.8 Å². The Morgan fingerprint density at radius 2 is 1.70 bits per heavy atom. The highest BCUT2D eigenvalue weighted by molar-refractivity contribution is 6.03. The van der Waals surface area contributed by atoms with E-state index in [0.717, 1.165) is 0 Å². The van der Waals surface area contributed by atoms with Crippen LogP contribution < -0.4 is 4.57 Å².